The van der Waals surface area contributed by atoms with Crippen LogP contribution in [-0.2, 0) is 10.9 Å². The molecule has 1 atom stereocenters. The summed E-state index contributed by atoms with van der Waals surface area (Å²) in [6.45, 7) is 3.86. The Morgan fingerprint density at radius 2 is 1.75 bits per heavy atom. The second kappa shape index (κ2) is 13.6. The van der Waals surface area contributed by atoms with Gasteiger partial charge in [-0.25, -0.2) is 14.6 Å². The Morgan fingerprint density at radius 1 is 1.07 bits per heavy atom. The number of hydrazone groups is 1. The molecule has 1 aliphatic heterocycles. The number of carbonyl (C=O) groups is 2. The maximum Gasteiger partial charge on any atom is 0.418 e. The first-order chi connectivity index (χ1) is 18.8. The molecule has 1 unspecified atom stereocenters. The first-order valence-corrected chi connectivity index (χ1v) is 13.5. The van der Waals surface area contributed by atoms with Crippen LogP contribution >= 0.6 is 34.8 Å². The molecule has 218 valence electrons. The molecular formula is C26H28Cl3F3N4O4. The third-order valence-corrected chi connectivity index (χ3v) is 5.98. The van der Waals surface area contributed by atoms with Crippen molar-refractivity contribution in [2.45, 2.75) is 42.7 Å². The summed E-state index contributed by atoms with van der Waals surface area (Å²) in [5, 5.41) is 7.66. The number of hydrogen-bond acceptors (Lipinski definition) is 5. The summed E-state index contributed by atoms with van der Waals surface area (Å²) in [6, 6.07) is 9.75. The molecule has 40 heavy (non-hydrogen) atoms. The average Bonchev–Trinajstić information content (AvgIpc) is 3.34. The molecule has 1 aliphatic rings. The van der Waals surface area contributed by atoms with Crippen LogP contribution in [0.4, 0.5) is 28.4 Å². The van der Waals surface area contributed by atoms with Crippen LogP contribution in [0.15, 0.2) is 53.6 Å². The maximum absolute atomic E-state index is 13.5. The molecule has 0 radical (unpaired) electrons. The molecule has 3 rings (SSSR count). The van der Waals surface area contributed by atoms with Crippen molar-refractivity contribution < 1.29 is 32.2 Å². The quantitative estimate of drug-likeness (QED) is 0.297. The lowest BCUT2D eigenvalue weighted by molar-refractivity contribution is -0.136. The molecule has 1 heterocycles. The molecule has 0 fully saturated rings. The fraction of sp³-hybridized carbons (Fsp3) is 0.423. The van der Waals surface area contributed by atoms with Gasteiger partial charge in [0.15, 0.2) is 0 Å². The van der Waals surface area contributed by atoms with Gasteiger partial charge in [-0.15, -0.1) is 0 Å². The van der Waals surface area contributed by atoms with Crippen molar-refractivity contribution in [2.75, 3.05) is 31.6 Å². The fourth-order valence-corrected chi connectivity index (χ4v) is 4.08. The van der Waals surface area contributed by atoms with Crippen LogP contribution in [0.5, 0.6) is 5.75 Å². The Bertz CT molecular complexity index is 1210. The summed E-state index contributed by atoms with van der Waals surface area (Å²) < 4.78 is 49.4. The highest BCUT2D eigenvalue weighted by molar-refractivity contribution is 6.67. The zero-order valence-electron chi connectivity index (χ0n) is 21.7. The number of nitrogens with zero attached hydrogens (tertiary/aromatic N) is 3. The van der Waals surface area contributed by atoms with Crippen LogP contribution in [0.2, 0.25) is 0 Å². The smallest absolute Gasteiger partial charge is 0.418 e. The number of hydrogen-bond donors (Lipinski definition) is 1. The SMILES string of the molecule is CCCOc1ccc(C2=NN(C(=O)Nc3ccccc3C(F)(F)F)CC2N(CCC)C(=O)OCC(Cl)(Cl)Cl)cc1. The normalized spacial score (nSPS) is 15.4. The van der Waals surface area contributed by atoms with E-state index in [0.29, 0.717) is 30.1 Å². The Labute approximate surface area is 244 Å². The predicted molar refractivity (Wildman–Crippen MR) is 148 cm³/mol. The van der Waals surface area contributed by atoms with E-state index in [1.54, 1.807) is 24.3 Å². The van der Waals surface area contributed by atoms with Crippen LogP contribution in [-0.4, -0.2) is 63.9 Å². The highest BCUT2D eigenvalue weighted by Gasteiger charge is 2.39. The standard InChI is InChI=1S/C26H28Cl3F3N4O4/c1-3-13-35(24(38)40-16-25(27,28)29)21-15-36(23(37)33-20-8-6-5-7-19(20)26(30,31)32)34-22(21)17-9-11-18(12-10-17)39-14-4-2/h5-12,21H,3-4,13-16H2,1-2H3,(H,33,37). The van der Waals surface area contributed by atoms with Crippen molar-refractivity contribution >= 4 is 58.3 Å². The third kappa shape index (κ3) is 8.55. The highest BCUT2D eigenvalue weighted by Crippen LogP contribution is 2.35. The van der Waals surface area contributed by atoms with Crippen LogP contribution in [0, 0.1) is 0 Å². The van der Waals surface area contributed by atoms with Crippen LogP contribution in [0.1, 0.15) is 37.8 Å². The predicted octanol–water partition coefficient (Wildman–Crippen LogP) is 7.33. The summed E-state index contributed by atoms with van der Waals surface area (Å²) in [5.74, 6) is 0.617. The van der Waals surface area contributed by atoms with Gasteiger partial charge in [0.1, 0.15) is 12.4 Å². The van der Waals surface area contributed by atoms with Crippen molar-refractivity contribution in [3.05, 3.63) is 59.7 Å². The summed E-state index contributed by atoms with van der Waals surface area (Å²) >= 11 is 17.2. The van der Waals surface area contributed by atoms with Gasteiger partial charge in [-0.05, 0) is 49.2 Å². The van der Waals surface area contributed by atoms with Crippen molar-refractivity contribution in [1.82, 2.24) is 9.91 Å². The van der Waals surface area contributed by atoms with E-state index in [0.717, 1.165) is 23.6 Å². The number of carbonyl (C=O) groups excluding carboxylic acids is 2. The Hall–Kier alpha value is -2.89. The molecule has 0 saturated carbocycles. The van der Waals surface area contributed by atoms with Crippen LogP contribution in [0.3, 0.4) is 0 Å². The van der Waals surface area contributed by atoms with Gasteiger partial charge >= 0.3 is 18.3 Å². The molecule has 2 aromatic rings. The topological polar surface area (TPSA) is 83.5 Å². The van der Waals surface area contributed by atoms with Gasteiger partial charge in [0.05, 0.1) is 36.2 Å². The number of anilines is 1. The lowest BCUT2D eigenvalue weighted by Crippen LogP contribution is -2.48. The minimum atomic E-state index is -4.68. The summed E-state index contributed by atoms with van der Waals surface area (Å²) in [5.41, 5.74) is -0.547. The molecule has 0 spiro atoms. The van der Waals surface area contributed by atoms with Crippen LogP contribution < -0.4 is 10.1 Å². The van der Waals surface area contributed by atoms with Crippen molar-refractivity contribution in [1.29, 1.82) is 0 Å². The summed E-state index contributed by atoms with van der Waals surface area (Å²) in [6.07, 6.45) is -4.15. The molecule has 3 amide bonds. The lowest BCUT2D eigenvalue weighted by atomic mass is 10.0. The summed E-state index contributed by atoms with van der Waals surface area (Å²) in [7, 11) is 0. The third-order valence-electron chi connectivity index (χ3n) is 5.66. The Balaban J connectivity index is 1.93. The number of alkyl halides is 6. The molecular weight excluding hydrogens is 596 g/mol. The number of benzene rings is 2. The van der Waals surface area contributed by atoms with E-state index in [9.17, 15) is 22.8 Å². The van der Waals surface area contributed by atoms with Gasteiger partial charge in [-0.1, -0.05) is 60.8 Å². The number of urea groups is 1. The zero-order chi connectivity index (χ0) is 29.5. The molecule has 2 aromatic carbocycles. The van der Waals surface area contributed by atoms with E-state index >= 15 is 0 Å². The van der Waals surface area contributed by atoms with Gasteiger partial charge in [-0.3, -0.25) is 4.90 Å². The molecule has 14 heteroatoms. The minimum absolute atomic E-state index is 0.160. The Kier molecular flexibility index (Phi) is 10.8. The monoisotopic (exact) mass is 622 g/mol. The molecule has 1 N–H and O–H groups in total. The van der Waals surface area contributed by atoms with Crippen molar-refractivity contribution in [2.24, 2.45) is 5.10 Å². The van der Waals surface area contributed by atoms with E-state index < -0.39 is 46.0 Å². The second-order valence-corrected chi connectivity index (χ2v) is 11.3. The van der Waals surface area contributed by atoms with Crippen LogP contribution in [0.25, 0.3) is 0 Å². The summed E-state index contributed by atoms with van der Waals surface area (Å²) in [4.78, 5) is 27.5. The molecule has 0 aromatic heterocycles. The molecule has 8 nitrogen and oxygen atoms in total. The first-order valence-electron chi connectivity index (χ1n) is 12.4. The van der Waals surface area contributed by atoms with E-state index in [1.807, 2.05) is 13.8 Å². The average molecular weight is 624 g/mol. The number of amides is 3. The number of ether oxygens (including phenoxy) is 2. The number of halogens is 6. The van der Waals surface area contributed by atoms with E-state index in [-0.39, 0.29) is 13.1 Å². The van der Waals surface area contributed by atoms with E-state index in [4.69, 9.17) is 44.3 Å². The van der Waals surface area contributed by atoms with Gasteiger partial charge in [0, 0.05) is 12.1 Å². The van der Waals surface area contributed by atoms with Crippen molar-refractivity contribution in [3.8, 4) is 5.75 Å². The maximum atomic E-state index is 13.5. The molecule has 0 saturated heterocycles. The number of rotatable bonds is 9. The fourth-order valence-electron chi connectivity index (χ4n) is 3.92. The van der Waals surface area contributed by atoms with Gasteiger partial charge < -0.3 is 14.8 Å². The lowest BCUT2D eigenvalue weighted by Gasteiger charge is -2.29. The van der Waals surface area contributed by atoms with Crippen molar-refractivity contribution in [3.63, 3.8) is 0 Å². The van der Waals surface area contributed by atoms with E-state index in [1.165, 1.54) is 17.0 Å². The highest BCUT2D eigenvalue weighted by atomic mass is 35.6. The largest absolute Gasteiger partial charge is 0.494 e. The first kappa shape index (κ1) is 31.6. The second-order valence-electron chi connectivity index (χ2n) is 8.79. The molecule has 0 bridgehead atoms. The van der Waals surface area contributed by atoms with Gasteiger partial charge in [0.25, 0.3) is 0 Å². The molecule has 0 aliphatic carbocycles. The number of nitrogens with one attached hydrogen (secondary N) is 1. The number of para-hydroxylation sites is 1. The van der Waals surface area contributed by atoms with Gasteiger partial charge in [0.2, 0.25) is 3.79 Å². The van der Waals surface area contributed by atoms with Gasteiger partial charge in [-0.2, -0.15) is 18.3 Å². The van der Waals surface area contributed by atoms with E-state index in [2.05, 4.69) is 10.4 Å². The minimum Gasteiger partial charge on any atom is -0.494 e. The Morgan fingerprint density at radius 3 is 2.35 bits per heavy atom. The zero-order valence-corrected chi connectivity index (χ0v) is 23.9.